The fourth-order valence-corrected chi connectivity index (χ4v) is 3.56. The molecule has 5 nitrogen and oxygen atoms in total. The number of carbonyl (C=O) groups is 2. The van der Waals surface area contributed by atoms with Crippen LogP contribution in [0.2, 0.25) is 0 Å². The Morgan fingerprint density at radius 1 is 1.45 bits per heavy atom. The predicted octanol–water partition coefficient (Wildman–Crippen LogP) is 1.98. The van der Waals surface area contributed by atoms with Crippen molar-refractivity contribution in [2.24, 2.45) is 5.92 Å². The lowest BCUT2D eigenvalue weighted by Gasteiger charge is -2.41. The van der Waals surface area contributed by atoms with Crippen LogP contribution in [0.15, 0.2) is 23.8 Å². The average molecular weight is 301 g/mol. The zero-order chi connectivity index (χ0) is 15.9. The van der Waals surface area contributed by atoms with E-state index < -0.39 is 11.4 Å². The first-order valence-electron chi connectivity index (χ1n) is 7.46. The SMILES string of the molecule is CCOC(=O)[C@@]12CC(C)=C[C@@H](Cc3nc(OC)ccc31)C2=O. The number of rotatable bonds is 3. The molecule has 2 aliphatic rings. The van der Waals surface area contributed by atoms with E-state index in [2.05, 4.69) is 4.98 Å². The molecule has 0 N–H and O–H groups in total. The lowest BCUT2D eigenvalue weighted by Crippen LogP contribution is -2.53. The first kappa shape index (κ1) is 14.8. The minimum atomic E-state index is -1.24. The third-order valence-corrected chi connectivity index (χ3v) is 4.44. The molecule has 0 amide bonds. The molecule has 116 valence electrons. The van der Waals surface area contributed by atoms with Gasteiger partial charge in [0, 0.05) is 18.4 Å². The van der Waals surface area contributed by atoms with Gasteiger partial charge in [-0.1, -0.05) is 17.7 Å². The van der Waals surface area contributed by atoms with E-state index in [0.717, 1.165) is 11.3 Å². The molecule has 0 saturated heterocycles. The molecule has 1 heterocycles. The van der Waals surface area contributed by atoms with Gasteiger partial charge in [0.05, 0.1) is 19.4 Å². The molecule has 1 aromatic rings. The molecule has 5 heteroatoms. The molecular formula is C17H19NO4. The highest BCUT2D eigenvalue weighted by atomic mass is 16.5. The van der Waals surface area contributed by atoms with E-state index in [1.54, 1.807) is 26.2 Å². The number of esters is 1. The van der Waals surface area contributed by atoms with Gasteiger partial charge in [0.15, 0.2) is 11.2 Å². The topological polar surface area (TPSA) is 65.5 Å². The third kappa shape index (κ3) is 1.95. The second kappa shape index (κ2) is 5.23. The van der Waals surface area contributed by atoms with E-state index in [1.807, 2.05) is 13.0 Å². The van der Waals surface area contributed by atoms with E-state index in [1.165, 1.54) is 0 Å². The number of ether oxygens (including phenoxy) is 2. The zero-order valence-electron chi connectivity index (χ0n) is 13.0. The van der Waals surface area contributed by atoms with Gasteiger partial charge in [-0.3, -0.25) is 9.59 Å². The van der Waals surface area contributed by atoms with Crippen molar-refractivity contribution in [3.05, 3.63) is 35.0 Å². The van der Waals surface area contributed by atoms with Gasteiger partial charge in [0.2, 0.25) is 5.88 Å². The van der Waals surface area contributed by atoms with Gasteiger partial charge in [-0.15, -0.1) is 0 Å². The summed E-state index contributed by atoms with van der Waals surface area (Å²) in [5.41, 5.74) is 1.21. The number of ketones is 1. The van der Waals surface area contributed by atoms with Gasteiger partial charge in [0.25, 0.3) is 0 Å². The number of allylic oxidation sites excluding steroid dienone is 2. The molecule has 2 atom stereocenters. The Kier molecular flexibility index (Phi) is 3.51. The van der Waals surface area contributed by atoms with Crippen LogP contribution in [0, 0.1) is 5.92 Å². The summed E-state index contributed by atoms with van der Waals surface area (Å²) in [5, 5.41) is 0. The number of nitrogens with zero attached hydrogens (tertiary/aromatic N) is 1. The van der Waals surface area contributed by atoms with Crippen molar-refractivity contribution in [2.75, 3.05) is 13.7 Å². The normalized spacial score (nSPS) is 26.0. The van der Waals surface area contributed by atoms with Crippen LogP contribution in [0.5, 0.6) is 5.88 Å². The number of hydrogen-bond donors (Lipinski definition) is 0. The Balaban J connectivity index is 2.21. The smallest absolute Gasteiger partial charge is 0.324 e. The van der Waals surface area contributed by atoms with E-state index in [0.29, 0.717) is 24.3 Å². The van der Waals surface area contributed by atoms with Gasteiger partial charge in [0.1, 0.15) is 0 Å². The van der Waals surface area contributed by atoms with Crippen molar-refractivity contribution in [3.63, 3.8) is 0 Å². The summed E-state index contributed by atoms with van der Waals surface area (Å²) in [6.45, 7) is 3.95. The van der Waals surface area contributed by atoms with E-state index in [9.17, 15) is 9.59 Å². The molecular weight excluding hydrogens is 282 g/mol. The quantitative estimate of drug-likeness (QED) is 0.485. The molecule has 2 bridgehead atoms. The molecule has 0 aromatic carbocycles. The van der Waals surface area contributed by atoms with Gasteiger partial charge in [-0.25, -0.2) is 4.98 Å². The van der Waals surface area contributed by atoms with Crippen LogP contribution < -0.4 is 4.74 Å². The number of aromatic nitrogens is 1. The van der Waals surface area contributed by atoms with Gasteiger partial charge >= 0.3 is 5.97 Å². The summed E-state index contributed by atoms with van der Waals surface area (Å²) in [7, 11) is 1.55. The maximum Gasteiger partial charge on any atom is 0.324 e. The highest BCUT2D eigenvalue weighted by molar-refractivity contribution is 6.13. The van der Waals surface area contributed by atoms with Crippen LogP contribution in [-0.4, -0.2) is 30.5 Å². The zero-order valence-corrected chi connectivity index (χ0v) is 13.0. The number of Topliss-reactive ketones (excluding diaryl/α,β-unsaturated/α-hetero) is 1. The molecule has 0 saturated carbocycles. The first-order chi connectivity index (χ1) is 10.5. The Hall–Kier alpha value is -2.17. The van der Waals surface area contributed by atoms with Crippen LogP contribution in [0.1, 0.15) is 31.5 Å². The van der Waals surface area contributed by atoms with Crippen molar-refractivity contribution in [1.29, 1.82) is 0 Å². The number of pyridine rings is 1. The standard InChI is InChI=1S/C17H19NO4/c1-4-22-16(20)17-9-10(2)7-11(15(17)19)8-13-12(17)5-6-14(18-13)21-3/h5-7,11H,4,8-9H2,1-3H3/t11-,17-/m0/s1. The fraction of sp³-hybridized carbons (Fsp3) is 0.471. The van der Waals surface area contributed by atoms with E-state index >= 15 is 0 Å². The van der Waals surface area contributed by atoms with Crippen LogP contribution in [0.4, 0.5) is 0 Å². The summed E-state index contributed by atoms with van der Waals surface area (Å²) in [6, 6.07) is 3.48. The number of methoxy groups -OCH3 is 1. The van der Waals surface area contributed by atoms with Crippen molar-refractivity contribution in [2.45, 2.75) is 32.1 Å². The first-order valence-corrected chi connectivity index (χ1v) is 7.46. The lowest BCUT2D eigenvalue weighted by atomic mass is 9.60. The van der Waals surface area contributed by atoms with Crippen LogP contribution in [0.25, 0.3) is 0 Å². The van der Waals surface area contributed by atoms with Gasteiger partial charge < -0.3 is 9.47 Å². The summed E-state index contributed by atoms with van der Waals surface area (Å²) < 4.78 is 10.4. The fourth-order valence-electron chi connectivity index (χ4n) is 3.56. The van der Waals surface area contributed by atoms with E-state index in [-0.39, 0.29) is 18.3 Å². The molecule has 0 unspecified atom stereocenters. The average Bonchev–Trinajstić information content (AvgIpc) is 2.49. The monoisotopic (exact) mass is 301 g/mol. The number of fused-ring (bicyclic) bond motifs is 4. The molecule has 22 heavy (non-hydrogen) atoms. The van der Waals surface area contributed by atoms with Gasteiger partial charge in [-0.2, -0.15) is 0 Å². The maximum atomic E-state index is 12.9. The molecule has 2 aliphatic carbocycles. The summed E-state index contributed by atoms with van der Waals surface area (Å²) >= 11 is 0. The Labute approximate surface area is 129 Å². The van der Waals surface area contributed by atoms with Crippen molar-refractivity contribution in [3.8, 4) is 5.88 Å². The Morgan fingerprint density at radius 2 is 2.23 bits per heavy atom. The number of carbonyl (C=O) groups excluding carboxylic acids is 2. The van der Waals surface area contributed by atoms with Crippen LogP contribution >= 0.6 is 0 Å². The maximum absolute atomic E-state index is 12.9. The Bertz CT molecular complexity index is 679. The second-order valence-electron chi connectivity index (χ2n) is 5.84. The lowest BCUT2D eigenvalue weighted by molar-refractivity contribution is -0.156. The molecule has 0 aliphatic heterocycles. The molecule has 1 aromatic heterocycles. The minimum Gasteiger partial charge on any atom is -0.481 e. The molecule has 0 fully saturated rings. The predicted molar refractivity (Wildman–Crippen MR) is 79.7 cm³/mol. The van der Waals surface area contributed by atoms with Crippen LogP contribution in [-0.2, 0) is 26.2 Å². The Morgan fingerprint density at radius 3 is 2.91 bits per heavy atom. The molecule has 0 radical (unpaired) electrons. The van der Waals surface area contributed by atoms with Crippen LogP contribution in [0.3, 0.4) is 0 Å². The summed E-state index contributed by atoms with van der Waals surface area (Å²) in [4.78, 5) is 30.0. The molecule has 0 spiro atoms. The minimum absolute atomic E-state index is 0.0731. The van der Waals surface area contributed by atoms with Crippen molar-refractivity contribution >= 4 is 11.8 Å². The third-order valence-electron chi connectivity index (χ3n) is 4.44. The largest absolute Gasteiger partial charge is 0.481 e. The summed E-state index contributed by atoms with van der Waals surface area (Å²) in [5.74, 6) is -0.363. The second-order valence-corrected chi connectivity index (χ2v) is 5.84. The van der Waals surface area contributed by atoms with E-state index in [4.69, 9.17) is 9.47 Å². The highest BCUT2D eigenvalue weighted by Crippen LogP contribution is 2.46. The number of hydrogen-bond acceptors (Lipinski definition) is 5. The molecule has 3 rings (SSSR count). The van der Waals surface area contributed by atoms with Crippen molar-refractivity contribution < 1.29 is 19.1 Å². The highest BCUT2D eigenvalue weighted by Gasteiger charge is 2.56. The summed E-state index contributed by atoms with van der Waals surface area (Å²) in [6.07, 6.45) is 2.82. The van der Waals surface area contributed by atoms with Gasteiger partial charge in [-0.05, 0) is 25.8 Å². The van der Waals surface area contributed by atoms with Crippen molar-refractivity contribution in [1.82, 2.24) is 4.98 Å².